The number of hydrogen-bond acceptors (Lipinski definition) is 5. The molecule has 1 aliphatic rings. The van der Waals surface area contributed by atoms with E-state index in [1.54, 1.807) is 0 Å². The van der Waals surface area contributed by atoms with Crippen molar-refractivity contribution in [3.63, 3.8) is 0 Å². The van der Waals surface area contributed by atoms with E-state index in [0.717, 1.165) is 18.8 Å². The SMILES string of the molecule is CC(C)(C)[C@H](N)C(=O)N1CCN(CC(O)COc2ccccc2)CC1.Cl.Cl. The van der Waals surface area contributed by atoms with Crippen LogP contribution in [0.2, 0.25) is 0 Å². The van der Waals surface area contributed by atoms with Crippen LogP contribution in [0.3, 0.4) is 0 Å². The Kier molecular flexibility index (Phi) is 11.3. The van der Waals surface area contributed by atoms with Crippen LogP contribution in [0.5, 0.6) is 5.75 Å². The van der Waals surface area contributed by atoms with Crippen LogP contribution in [0.4, 0.5) is 0 Å². The fraction of sp³-hybridized carbons (Fsp3) is 0.632. The van der Waals surface area contributed by atoms with Gasteiger partial charge in [-0.15, -0.1) is 24.8 Å². The molecular formula is C19H33Cl2N3O3. The number of benzene rings is 1. The minimum Gasteiger partial charge on any atom is -0.491 e. The number of nitrogens with zero attached hydrogens (tertiary/aromatic N) is 2. The highest BCUT2D eigenvalue weighted by Gasteiger charge is 2.32. The lowest BCUT2D eigenvalue weighted by Crippen LogP contribution is -2.57. The molecule has 1 amide bonds. The van der Waals surface area contributed by atoms with Crippen molar-refractivity contribution in [2.45, 2.75) is 32.9 Å². The van der Waals surface area contributed by atoms with E-state index >= 15 is 0 Å². The lowest BCUT2D eigenvalue weighted by atomic mass is 9.86. The van der Waals surface area contributed by atoms with Crippen molar-refractivity contribution < 1.29 is 14.6 Å². The molecule has 0 radical (unpaired) electrons. The van der Waals surface area contributed by atoms with E-state index in [4.69, 9.17) is 10.5 Å². The highest BCUT2D eigenvalue weighted by molar-refractivity contribution is 5.85. The molecule has 156 valence electrons. The maximum atomic E-state index is 12.4. The van der Waals surface area contributed by atoms with E-state index in [1.807, 2.05) is 56.0 Å². The second kappa shape index (κ2) is 11.7. The Balaban J connectivity index is 0.00000338. The van der Waals surface area contributed by atoms with Crippen molar-refractivity contribution in [1.82, 2.24) is 9.80 Å². The van der Waals surface area contributed by atoms with E-state index in [1.165, 1.54) is 0 Å². The minimum atomic E-state index is -0.556. The number of hydrogen-bond donors (Lipinski definition) is 2. The normalized spacial score (nSPS) is 17.3. The molecule has 1 aromatic rings. The lowest BCUT2D eigenvalue weighted by Gasteiger charge is -2.38. The third-order valence-electron chi connectivity index (χ3n) is 4.54. The molecule has 27 heavy (non-hydrogen) atoms. The summed E-state index contributed by atoms with van der Waals surface area (Å²) in [7, 11) is 0. The van der Waals surface area contributed by atoms with Gasteiger partial charge in [-0.05, 0) is 17.5 Å². The van der Waals surface area contributed by atoms with E-state index in [0.29, 0.717) is 19.6 Å². The Bertz CT molecular complexity index is 547. The number of aliphatic hydroxyl groups excluding tert-OH is 1. The van der Waals surface area contributed by atoms with Crippen LogP contribution in [0.1, 0.15) is 20.8 Å². The second-order valence-electron chi connectivity index (χ2n) is 7.75. The molecule has 1 fully saturated rings. The average Bonchev–Trinajstić information content (AvgIpc) is 2.59. The van der Waals surface area contributed by atoms with Crippen molar-refractivity contribution in [3.05, 3.63) is 30.3 Å². The number of nitrogens with two attached hydrogens (primary N) is 1. The highest BCUT2D eigenvalue weighted by atomic mass is 35.5. The van der Waals surface area contributed by atoms with Crippen LogP contribution < -0.4 is 10.5 Å². The number of amides is 1. The molecule has 0 bridgehead atoms. The summed E-state index contributed by atoms with van der Waals surface area (Å²) in [5.74, 6) is 0.772. The maximum Gasteiger partial charge on any atom is 0.240 e. The van der Waals surface area contributed by atoms with Gasteiger partial charge in [0.25, 0.3) is 0 Å². The molecule has 1 aliphatic heterocycles. The third kappa shape index (κ3) is 8.23. The molecule has 2 rings (SSSR count). The summed E-state index contributed by atoms with van der Waals surface area (Å²) < 4.78 is 5.58. The molecule has 6 nitrogen and oxygen atoms in total. The first-order valence-corrected chi connectivity index (χ1v) is 8.90. The first kappa shape index (κ1) is 26.0. The molecule has 0 saturated carbocycles. The van der Waals surface area contributed by atoms with Gasteiger partial charge in [-0.1, -0.05) is 39.0 Å². The van der Waals surface area contributed by atoms with E-state index in [9.17, 15) is 9.90 Å². The summed E-state index contributed by atoms with van der Waals surface area (Å²) in [6.07, 6.45) is -0.556. The number of piperazine rings is 1. The Labute approximate surface area is 174 Å². The number of para-hydroxylation sites is 1. The second-order valence-corrected chi connectivity index (χ2v) is 7.75. The topological polar surface area (TPSA) is 79.0 Å². The van der Waals surface area contributed by atoms with Gasteiger partial charge in [0.05, 0.1) is 6.04 Å². The first-order chi connectivity index (χ1) is 11.8. The molecule has 3 N–H and O–H groups in total. The van der Waals surface area contributed by atoms with Gasteiger partial charge in [0.1, 0.15) is 18.5 Å². The zero-order valence-electron chi connectivity index (χ0n) is 16.3. The van der Waals surface area contributed by atoms with Gasteiger partial charge in [0.15, 0.2) is 0 Å². The van der Waals surface area contributed by atoms with Crippen LogP contribution in [0, 0.1) is 5.41 Å². The zero-order valence-corrected chi connectivity index (χ0v) is 18.0. The van der Waals surface area contributed by atoms with Gasteiger partial charge >= 0.3 is 0 Å². The smallest absolute Gasteiger partial charge is 0.240 e. The summed E-state index contributed by atoms with van der Waals surface area (Å²) in [6.45, 7) is 9.52. The van der Waals surface area contributed by atoms with Crippen LogP contribution in [-0.4, -0.2) is 72.3 Å². The van der Waals surface area contributed by atoms with E-state index < -0.39 is 12.1 Å². The highest BCUT2D eigenvalue weighted by Crippen LogP contribution is 2.19. The van der Waals surface area contributed by atoms with Crippen LogP contribution in [-0.2, 0) is 4.79 Å². The number of aliphatic hydroxyl groups is 1. The van der Waals surface area contributed by atoms with Gasteiger partial charge < -0.3 is 20.5 Å². The fourth-order valence-electron chi connectivity index (χ4n) is 2.78. The Morgan fingerprint density at radius 1 is 1.15 bits per heavy atom. The fourth-order valence-corrected chi connectivity index (χ4v) is 2.78. The van der Waals surface area contributed by atoms with Crippen molar-refractivity contribution in [3.8, 4) is 5.75 Å². The van der Waals surface area contributed by atoms with Gasteiger partial charge in [-0.2, -0.15) is 0 Å². The molecule has 1 heterocycles. The summed E-state index contributed by atoms with van der Waals surface area (Å²) in [5, 5.41) is 10.2. The van der Waals surface area contributed by atoms with Gasteiger partial charge in [-0.25, -0.2) is 0 Å². The Morgan fingerprint density at radius 3 is 2.22 bits per heavy atom. The Hall–Kier alpha value is -1.05. The number of β-amino-alcohol motifs (C(OH)–C–C–N with tert-alkyl or cyclic N) is 1. The molecule has 1 aromatic carbocycles. The van der Waals surface area contributed by atoms with Gasteiger partial charge in [-0.3, -0.25) is 9.69 Å². The predicted molar refractivity (Wildman–Crippen MR) is 113 cm³/mol. The summed E-state index contributed by atoms with van der Waals surface area (Å²) in [4.78, 5) is 16.4. The average molecular weight is 422 g/mol. The molecule has 0 aromatic heterocycles. The molecule has 1 unspecified atom stereocenters. The maximum absolute atomic E-state index is 12.4. The Morgan fingerprint density at radius 2 is 1.70 bits per heavy atom. The van der Waals surface area contributed by atoms with Gasteiger partial charge in [0, 0.05) is 32.7 Å². The van der Waals surface area contributed by atoms with Gasteiger partial charge in [0.2, 0.25) is 5.91 Å². The number of rotatable bonds is 6. The summed E-state index contributed by atoms with van der Waals surface area (Å²) in [5.41, 5.74) is 5.84. The molecular weight excluding hydrogens is 389 g/mol. The van der Waals surface area contributed by atoms with E-state index in [2.05, 4.69) is 4.90 Å². The minimum absolute atomic E-state index is 0. The van der Waals surface area contributed by atoms with Crippen molar-refractivity contribution in [2.24, 2.45) is 11.1 Å². The number of carbonyl (C=O) groups excluding carboxylic acids is 1. The third-order valence-corrected chi connectivity index (χ3v) is 4.54. The molecule has 8 heteroatoms. The number of halogens is 2. The van der Waals surface area contributed by atoms with Crippen LogP contribution in [0.15, 0.2) is 30.3 Å². The standard InChI is InChI=1S/C19H31N3O3.2ClH/c1-19(2,3)17(20)18(24)22-11-9-21(10-12-22)13-15(23)14-25-16-7-5-4-6-8-16;;/h4-8,15,17,23H,9-14,20H2,1-3H3;2*1H/t15?,17-;;/m1../s1. The largest absolute Gasteiger partial charge is 0.491 e. The van der Waals surface area contributed by atoms with Crippen LogP contribution >= 0.6 is 24.8 Å². The summed E-state index contributed by atoms with van der Waals surface area (Å²) >= 11 is 0. The monoisotopic (exact) mass is 421 g/mol. The van der Waals surface area contributed by atoms with Crippen LogP contribution in [0.25, 0.3) is 0 Å². The van der Waals surface area contributed by atoms with Crippen molar-refractivity contribution >= 4 is 30.7 Å². The van der Waals surface area contributed by atoms with E-state index in [-0.39, 0.29) is 42.7 Å². The quantitative estimate of drug-likeness (QED) is 0.731. The number of ether oxygens (including phenoxy) is 1. The zero-order chi connectivity index (χ0) is 18.4. The molecule has 2 atom stereocenters. The number of carbonyl (C=O) groups is 1. The van der Waals surface area contributed by atoms with Crippen molar-refractivity contribution in [1.29, 1.82) is 0 Å². The molecule has 1 saturated heterocycles. The summed E-state index contributed by atoms with van der Waals surface area (Å²) in [6, 6.07) is 8.99. The predicted octanol–water partition coefficient (Wildman–Crippen LogP) is 1.79. The molecule has 0 aliphatic carbocycles. The molecule has 0 spiro atoms. The first-order valence-electron chi connectivity index (χ1n) is 8.90. The lowest BCUT2D eigenvalue weighted by molar-refractivity contribution is -0.136. The van der Waals surface area contributed by atoms with Crippen molar-refractivity contribution in [2.75, 3.05) is 39.3 Å².